The van der Waals surface area contributed by atoms with E-state index in [1.54, 1.807) is 6.20 Å². The predicted molar refractivity (Wildman–Crippen MR) is 71.0 cm³/mol. The molecule has 6 nitrogen and oxygen atoms in total. The Hall–Kier alpha value is -2.94. The van der Waals surface area contributed by atoms with Gasteiger partial charge in [-0.3, -0.25) is 0 Å². The third-order valence-electron chi connectivity index (χ3n) is 3.09. The van der Waals surface area contributed by atoms with Crippen molar-refractivity contribution >= 4 is 16.7 Å². The molecule has 0 aliphatic rings. The third kappa shape index (κ3) is 1.60. The van der Waals surface area contributed by atoms with Gasteiger partial charge in [0, 0.05) is 10.9 Å². The first kappa shape index (κ1) is 11.2. The molecule has 0 spiro atoms. The number of aryl methyl sites for hydroxylation is 1. The van der Waals surface area contributed by atoms with Gasteiger partial charge in [0.1, 0.15) is 17.6 Å². The summed E-state index contributed by atoms with van der Waals surface area (Å²) in [6, 6.07) is 7.76. The molecule has 0 aliphatic heterocycles. The molecule has 0 amide bonds. The van der Waals surface area contributed by atoms with Crippen molar-refractivity contribution in [2.45, 2.75) is 6.92 Å². The number of nitrogen functional groups attached to an aromatic ring is 1. The molecule has 0 unspecified atom stereocenters. The minimum Gasteiger partial charge on any atom is -0.383 e. The molecule has 92 valence electrons. The molecule has 2 heterocycles. The zero-order chi connectivity index (χ0) is 13.4. The fourth-order valence-corrected chi connectivity index (χ4v) is 2.22. The molecule has 6 heteroatoms. The highest BCUT2D eigenvalue weighted by molar-refractivity contribution is 5.98. The van der Waals surface area contributed by atoms with Gasteiger partial charge in [0.05, 0.1) is 17.3 Å². The minimum absolute atomic E-state index is 0.254. The molecule has 0 bridgehead atoms. The van der Waals surface area contributed by atoms with E-state index in [0.29, 0.717) is 11.3 Å². The van der Waals surface area contributed by atoms with Gasteiger partial charge < -0.3 is 5.73 Å². The number of pyridine rings is 1. The number of hydrogen-bond donors (Lipinski definition) is 2. The maximum absolute atomic E-state index is 9.18. The predicted octanol–water partition coefficient (Wildman–Crippen LogP) is 1.78. The normalized spacial score (nSPS) is 10.5. The summed E-state index contributed by atoms with van der Waals surface area (Å²) in [5, 5.41) is 20.5. The van der Waals surface area contributed by atoms with E-state index in [0.717, 1.165) is 22.0 Å². The van der Waals surface area contributed by atoms with Gasteiger partial charge in [-0.15, -0.1) is 0 Å². The van der Waals surface area contributed by atoms with Crippen LogP contribution in [-0.4, -0.2) is 20.4 Å². The first-order valence-corrected chi connectivity index (χ1v) is 5.67. The van der Waals surface area contributed by atoms with Crippen LogP contribution in [0.5, 0.6) is 0 Å². The van der Waals surface area contributed by atoms with Gasteiger partial charge in [-0.1, -0.05) is 12.1 Å². The molecule has 19 heavy (non-hydrogen) atoms. The maximum atomic E-state index is 9.18. The van der Waals surface area contributed by atoms with Crippen LogP contribution < -0.4 is 5.73 Å². The van der Waals surface area contributed by atoms with Crippen LogP contribution in [0.1, 0.15) is 11.1 Å². The van der Waals surface area contributed by atoms with Crippen LogP contribution in [-0.2, 0) is 0 Å². The average molecular weight is 250 g/mol. The zero-order valence-corrected chi connectivity index (χ0v) is 10.2. The molecule has 0 fully saturated rings. The van der Waals surface area contributed by atoms with E-state index in [2.05, 4.69) is 26.5 Å². The van der Waals surface area contributed by atoms with Crippen molar-refractivity contribution in [3.05, 3.63) is 35.5 Å². The SMILES string of the molecule is Cc1c(C#N)c(N)nc2cccc(-c3cn[nH]n3)c12. The van der Waals surface area contributed by atoms with E-state index in [1.165, 1.54) is 0 Å². The molecule has 3 rings (SSSR count). The van der Waals surface area contributed by atoms with Crippen LogP contribution >= 0.6 is 0 Å². The summed E-state index contributed by atoms with van der Waals surface area (Å²) in [5.41, 5.74) is 9.35. The fraction of sp³-hybridized carbons (Fsp3) is 0.0769. The van der Waals surface area contributed by atoms with Crippen LogP contribution in [0.2, 0.25) is 0 Å². The summed E-state index contributed by atoms with van der Waals surface area (Å²) in [7, 11) is 0. The summed E-state index contributed by atoms with van der Waals surface area (Å²) < 4.78 is 0. The first-order valence-electron chi connectivity index (χ1n) is 5.67. The van der Waals surface area contributed by atoms with E-state index in [4.69, 9.17) is 5.73 Å². The number of nitrogens with zero attached hydrogens (tertiary/aromatic N) is 4. The quantitative estimate of drug-likeness (QED) is 0.685. The Morgan fingerprint density at radius 3 is 2.89 bits per heavy atom. The van der Waals surface area contributed by atoms with E-state index < -0.39 is 0 Å². The Bertz CT molecular complexity index is 798. The standard InChI is InChI=1S/C13H10N6/c1-7-9(5-14)13(15)17-10-4-2-3-8(12(7)10)11-6-16-19-18-11/h2-4,6H,1H3,(H2,15,17)(H,16,18,19). The number of aromatic nitrogens is 4. The van der Waals surface area contributed by atoms with Gasteiger partial charge in [-0.25, -0.2) is 4.98 Å². The number of rotatable bonds is 1. The van der Waals surface area contributed by atoms with Gasteiger partial charge in [-0.05, 0) is 18.6 Å². The monoisotopic (exact) mass is 250 g/mol. The lowest BCUT2D eigenvalue weighted by molar-refractivity contribution is 0.942. The van der Waals surface area contributed by atoms with E-state index >= 15 is 0 Å². The number of aromatic amines is 1. The van der Waals surface area contributed by atoms with Gasteiger partial charge in [0.15, 0.2) is 0 Å². The summed E-state index contributed by atoms with van der Waals surface area (Å²) in [4.78, 5) is 4.27. The second kappa shape index (κ2) is 4.07. The second-order valence-corrected chi connectivity index (χ2v) is 4.16. The van der Waals surface area contributed by atoms with Crippen molar-refractivity contribution in [1.29, 1.82) is 5.26 Å². The first-order chi connectivity index (χ1) is 9.22. The minimum atomic E-state index is 0.254. The Balaban J connectivity index is 2.46. The van der Waals surface area contributed by atoms with Crippen LogP contribution in [0.4, 0.5) is 5.82 Å². The third-order valence-corrected chi connectivity index (χ3v) is 3.09. The molecular formula is C13H10N6. The molecule has 0 atom stereocenters. The number of fused-ring (bicyclic) bond motifs is 1. The number of nitriles is 1. The molecule has 3 N–H and O–H groups in total. The number of H-pyrrole nitrogens is 1. The number of benzene rings is 1. The summed E-state index contributed by atoms with van der Waals surface area (Å²) in [6.07, 6.45) is 1.64. The van der Waals surface area contributed by atoms with Crippen LogP contribution in [0.25, 0.3) is 22.2 Å². The van der Waals surface area contributed by atoms with Crippen LogP contribution in [0.3, 0.4) is 0 Å². The highest BCUT2D eigenvalue weighted by Gasteiger charge is 2.14. The largest absolute Gasteiger partial charge is 0.383 e. The van der Waals surface area contributed by atoms with Crippen molar-refractivity contribution in [2.24, 2.45) is 0 Å². The molecular weight excluding hydrogens is 240 g/mol. The fourth-order valence-electron chi connectivity index (χ4n) is 2.22. The topological polar surface area (TPSA) is 104 Å². The van der Waals surface area contributed by atoms with Gasteiger partial charge in [0.2, 0.25) is 0 Å². The Morgan fingerprint density at radius 2 is 2.21 bits per heavy atom. The average Bonchev–Trinajstić information content (AvgIpc) is 2.92. The summed E-state index contributed by atoms with van der Waals surface area (Å²) in [5.74, 6) is 0.254. The second-order valence-electron chi connectivity index (χ2n) is 4.16. The molecule has 0 radical (unpaired) electrons. The van der Waals surface area contributed by atoms with Crippen molar-refractivity contribution in [1.82, 2.24) is 20.4 Å². The van der Waals surface area contributed by atoms with Crippen molar-refractivity contribution < 1.29 is 0 Å². The van der Waals surface area contributed by atoms with Crippen molar-refractivity contribution in [3.63, 3.8) is 0 Å². The molecule has 3 aromatic rings. The lowest BCUT2D eigenvalue weighted by atomic mass is 9.98. The van der Waals surface area contributed by atoms with Gasteiger partial charge >= 0.3 is 0 Å². The number of nitrogens with two attached hydrogens (primary N) is 1. The maximum Gasteiger partial charge on any atom is 0.142 e. The number of hydrogen-bond acceptors (Lipinski definition) is 5. The highest BCUT2D eigenvalue weighted by atomic mass is 15.3. The van der Waals surface area contributed by atoms with E-state index in [-0.39, 0.29) is 5.82 Å². The smallest absolute Gasteiger partial charge is 0.142 e. The Morgan fingerprint density at radius 1 is 1.37 bits per heavy atom. The lowest BCUT2D eigenvalue weighted by Crippen LogP contribution is -1.99. The van der Waals surface area contributed by atoms with E-state index in [9.17, 15) is 5.26 Å². The number of anilines is 1. The van der Waals surface area contributed by atoms with Crippen molar-refractivity contribution in [2.75, 3.05) is 5.73 Å². The Kier molecular flexibility index (Phi) is 2.39. The van der Waals surface area contributed by atoms with Gasteiger partial charge in [-0.2, -0.15) is 20.7 Å². The highest BCUT2D eigenvalue weighted by Crippen LogP contribution is 2.31. The van der Waals surface area contributed by atoms with Crippen LogP contribution in [0, 0.1) is 18.3 Å². The lowest BCUT2D eigenvalue weighted by Gasteiger charge is -2.09. The Labute approximate surface area is 108 Å². The van der Waals surface area contributed by atoms with Gasteiger partial charge in [0.25, 0.3) is 0 Å². The molecule has 2 aromatic heterocycles. The molecule has 1 aromatic carbocycles. The summed E-state index contributed by atoms with van der Waals surface area (Å²) in [6.45, 7) is 1.86. The molecule has 0 saturated heterocycles. The number of nitrogens with one attached hydrogen (secondary N) is 1. The molecule has 0 saturated carbocycles. The van der Waals surface area contributed by atoms with Crippen molar-refractivity contribution in [3.8, 4) is 17.3 Å². The van der Waals surface area contributed by atoms with E-state index in [1.807, 2.05) is 25.1 Å². The van der Waals surface area contributed by atoms with Crippen LogP contribution in [0.15, 0.2) is 24.4 Å². The summed E-state index contributed by atoms with van der Waals surface area (Å²) >= 11 is 0. The molecule has 0 aliphatic carbocycles. The zero-order valence-electron chi connectivity index (χ0n) is 10.2.